The summed E-state index contributed by atoms with van der Waals surface area (Å²) in [7, 11) is 0. The summed E-state index contributed by atoms with van der Waals surface area (Å²) in [5.74, 6) is -0.765. The van der Waals surface area contributed by atoms with Crippen LogP contribution >= 0.6 is 11.6 Å². The number of hydrogen-bond acceptors (Lipinski definition) is 5. The molecular weight excluding hydrogens is 452 g/mol. The minimum absolute atomic E-state index is 0.198. The Balaban J connectivity index is 1.86. The number of anilines is 2. The first-order valence-electron chi connectivity index (χ1n) is 9.95. The summed E-state index contributed by atoms with van der Waals surface area (Å²) < 4.78 is 59.9. The van der Waals surface area contributed by atoms with Crippen LogP contribution in [-0.2, 0) is 17.5 Å². The van der Waals surface area contributed by atoms with Gasteiger partial charge in [-0.3, -0.25) is 0 Å². The van der Waals surface area contributed by atoms with E-state index in [4.69, 9.17) is 16.3 Å². The molecular formula is C21H23ClF4N4O2. The molecule has 0 spiro atoms. The number of carbonyl (C=O) groups is 1. The summed E-state index contributed by atoms with van der Waals surface area (Å²) in [5, 5.41) is 2.38. The van der Waals surface area contributed by atoms with Crippen molar-refractivity contribution in [1.29, 1.82) is 0 Å². The van der Waals surface area contributed by atoms with Crippen molar-refractivity contribution in [3.05, 3.63) is 46.5 Å². The van der Waals surface area contributed by atoms with Crippen LogP contribution in [0.4, 0.5) is 34.0 Å². The Kier molecular flexibility index (Phi) is 6.83. The molecule has 6 nitrogen and oxygen atoms in total. The van der Waals surface area contributed by atoms with Gasteiger partial charge in [-0.05, 0) is 57.7 Å². The zero-order chi connectivity index (χ0) is 23.7. The van der Waals surface area contributed by atoms with E-state index in [1.807, 2.05) is 0 Å². The second-order valence-electron chi connectivity index (χ2n) is 8.62. The number of nitrogens with zero attached hydrogens (tertiary/aromatic N) is 3. The van der Waals surface area contributed by atoms with E-state index in [-0.39, 0.29) is 34.7 Å². The number of aromatic nitrogens is 2. The number of amides is 1. The Morgan fingerprint density at radius 1 is 1.28 bits per heavy atom. The van der Waals surface area contributed by atoms with E-state index in [1.54, 1.807) is 20.8 Å². The summed E-state index contributed by atoms with van der Waals surface area (Å²) in [6.45, 7) is 5.01. The molecule has 174 valence electrons. The van der Waals surface area contributed by atoms with Gasteiger partial charge < -0.3 is 15.0 Å². The third-order valence-electron chi connectivity index (χ3n) is 4.50. The number of ether oxygens (including phenoxy) is 1. The van der Waals surface area contributed by atoms with Gasteiger partial charge in [-0.15, -0.1) is 0 Å². The normalized spacial score (nSPS) is 14.2. The third-order valence-corrected chi connectivity index (χ3v) is 4.79. The molecule has 1 N–H and O–H groups in total. The fraction of sp³-hybridized carbons (Fsp3) is 0.476. The molecule has 1 aromatic carbocycles. The van der Waals surface area contributed by atoms with Gasteiger partial charge in [-0.2, -0.15) is 13.2 Å². The van der Waals surface area contributed by atoms with Crippen molar-refractivity contribution < 1.29 is 27.1 Å². The highest BCUT2D eigenvalue weighted by molar-refractivity contribution is 6.31. The van der Waals surface area contributed by atoms with Crippen LogP contribution in [-0.4, -0.2) is 33.1 Å². The Bertz CT molecular complexity index is 991. The van der Waals surface area contributed by atoms with Crippen LogP contribution in [0.1, 0.15) is 44.9 Å². The molecule has 11 heteroatoms. The first-order chi connectivity index (χ1) is 14.8. The van der Waals surface area contributed by atoms with Crippen LogP contribution in [0.25, 0.3) is 0 Å². The van der Waals surface area contributed by atoms with Gasteiger partial charge in [0.15, 0.2) is 5.69 Å². The molecule has 2 aromatic rings. The Morgan fingerprint density at radius 2 is 1.97 bits per heavy atom. The fourth-order valence-corrected chi connectivity index (χ4v) is 3.06. The standard InChI is InChI=1S/C21H23ClF4N4O2/c1-20(2,3)32-19(31)30(10-12-4-5-12)11-13-9-27-18(29-17(13)21(24,25)26)28-14-6-7-16(23)15(22)8-14/h6-9,12H,4-5,10-11H2,1-3H3,(H,27,28,29). The molecule has 0 radical (unpaired) electrons. The summed E-state index contributed by atoms with van der Waals surface area (Å²) in [4.78, 5) is 21.4. The molecule has 1 aromatic heterocycles. The largest absolute Gasteiger partial charge is 0.444 e. The number of rotatable bonds is 6. The van der Waals surface area contributed by atoms with Gasteiger partial charge in [-0.25, -0.2) is 19.2 Å². The first kappa shape index (κ1) is 24.0. The number of nitrogens with one attached hydrogen (secondary N) is 1. The Morgan fingerprint density at radius 3 is 2.53 bits per heavy atom. The Labute approximate surface area is 187 Å². The summed E-state index contributed by atoms with van der Waals surface area (Å²) >= 11 is 5.70. The van der Waals surface area contributed by atoms with Gasteiger partial charge in [0.1, 0.15) is 11.4 Å². The average Bonchev–Trinajstić information content (AvgIpc) is 3.47. The topological polar surface area (TPSA) is 67.3 Å². The smallest absolute Gasteiger partial charge is 0.433 e. The van der Waals surface area contributed by atoms with Crippen molar-refractivity contribution >= 4 is 29.3 Å². The molecule has 1 aliphatic carbocycles. The molecule has 0 bridgehead atoms. The number of alkyl halides is 3. The highest BCUT2D eigenvalue weighted by atomic mass is 35.5. The van der Waals surface area contributed by atoms with E-state index in [2.05, 4.69) is 15.3 Å². The van der Waals surface area contributed by atoms with E-state index >= 15 is 0 Å². The van der Waals surface area contributed by atoms with Crippen LogP contribution in [0.3, 0.4) is 0 Å². The van der Waals surface area contributed by atoms with Gasteiger partial charge in [0.2, 0.25) is 5.95 Å². The molecule has 1 aliphatic rings. The molecule has 1 fully saturated rings. The number of hydrogen-bond donors (Lipinski definition) is 1. The summed E-state index contributed by atoms with van der Waals surface area (Å²) in [6.07, 6.45) is -2.64. The lowest BCUT2D eigenvalue weighted by atomic mass is 10.2. The molecule has 0 atom stereocenters. The van der Waals surface area contributed by atoms with Crippen molar-refractivity contribution in [3.63, 3.8) is 0 Å². The first-order valence-corrected chi connectivity index (χ1v) is 10.3. The molecule has 1 heterocycles. The molecule has 0 unspecified atom stereocenters. The molecule has 1 saturated carbocycles. The lowest BCUT2D eigenvalue weighted by Crippen LogP contribution is -2.38. The second kappa shape index (κ2) is 9.09. The van der Waals surface area contributed by atoms with Gasteiger partial charge in [-0.1, -0.05) is 11.6 Å². The predicted octanol–water partition coefficient (Wildman–Crippen LogP) is 6.18. The van der Waals surface area contributed by atoms with Crippen molar-refractivity contribution in [2.75, 3.05) is 11.9 Å². The Hall–Kier alpha value is -2.62. The maximum atomic E-state index is 13.8. The zero-order valence-corrected chi connectivity index (χ0v) is 18.5. The van der Waals surface area contributed by atoms with Gasteiger partial charge in [0, 0.05) is 24.0 Å². The highest BCUT2D eigenvalue weighted by Crippen LogP contribution is 2.34. The number of carbonyl (C=O) groups excluding carboxylic acids is 1. The molecule has 3 rings (SSSR count). The molecule has 0 saturated heterocycles. The van der Waals surface area contributed by atoms with Crippen molar-refractivity contribution in [2.24, 2.45) is 5.92 Å². The van der Waals surface area contributed by atoms with E-state index in [0.29, 0.717) is 6.54 Å². The van der Waals surface area contributed by atoms with Crippen molar-refractivity contribution in [2.45, 2.75) is 51.9 Å². The molecule has 1 amide bonds. The number of halogens is 5. The van der Waals surface area contributed by atoms with Crippen molar-refractivity contribution in [1.82, 2.24) is 14.9 Å². The summed E-state index contributed by atoms with van der Waals surface area (Å²) in [5.41, 5.74) is -1.99. The minimum Gasteiger partial charge on any atom is -0.444 e. The van der Waals surface area contributed by atoms with E-state index < -0.39 is 29.4 Å². The van der Waals surface area contributed by atoms with Gasteiger partial charge >= 0.3 is 12.3 Å². The summed E-state index contributed by atoms with van der Waals surface area (Å²) in [6, 6.07) is 3.58. The monoisotopic (exact) mass is 474 g/mol. The lowest BCUT2D eigenvalue weighted by molar-refractivity contribution is -0.142. The highest BCUT2D eigenvalue weighted by Gasteiger charge is 2.38. The molecule has 32 heavy (non-hydrogen) atoms. The minimum atomic E-state index is -4.78. The van der Waals surface area contributed by atoms with Crippen LogP contribution < -0.4 is 5.32 Å². The third kappa shape index (κ3) is 6.69. The van der Waals surface area contributed by atoms with Crippen LogP contribution in [0.5, 0.6) is 0 Å². The van der Waals surface area contributed by atoms with Gasteiger partial charge in [0.05, 0.1) is 11.6 Å². The lowest BCUT2D eigenvalue weighted by Gasteiger charge is -2.28. The second-order valence-corrected chi connectivity index (χ2v) is 9.03. The van der Waals surface area contributed by atoms with E-state index in [9.17, 15) is 22.4 Å². The zero-order valence-electron chi connectivity index (χ0n) is 17.8. The maximum absolute atomic E-state index is 13.8. The van der Waals surface area contributed by atoms with Crippen LogP contribution in [0.2, 0.25) is 5.02 Å². The molecule has 0 aliphatic heterocycles. The SMILES string of the molecule is CC(C)(C)OC(=O)N(Cc1cnc(Nc2ccc(F)c(Cl)c2)nc1C(F)(F)F)CC1CC1. The quantitative estimate of drug-likeness (QED) is 0.506. The fourth-order valence-electron chi connectivity index (χ4n) is 2.88. The van der Waals surface area contributed by atoms with Crippen LogP contribution in [0.15, 0.2) is 24.4 Å². The predicted molar refractivity (Wildman–Crippen MR) is 111 cm³/mol. The van der Waals surface area contributed by atoms with Gasteiger partial charge in [0.25, 0.3) is 0 Å². The average molecular weight is 475 g/mol. The maximum Gasteiger partial charge on any atom is 0.433 e. The van der Waals surface area contributed by atoms with Crippen LogP contribution in [0, 0.1) is 11.7 Å². The van der Waals surface area contributed by atoms with E-state index in [0.717, 1.165) is 25.1 Å². The van der Waals surface area contributed by atoms with Crippen molar-refractivity contribution in [3.8, 4) is 0 Å². The van der Waals surface area contributed by atoms with E-state index in [1.165, 1.54) is 17.0 Å². The number of benzene rings is 1.